The van der Waals surface area contributed by atoms with Crippen molar-refractivity contribution in [3.05, 3.63) is 23.9 Å². The van der Waals surface area contributed by atoms with E-state index in [-0.39, 0.29) is 0 Å². The van der Waals surface area contributed by atoms with E-state index in [1.807, 2.05) is 25.1 Å². The molecule has 0 spiro atoms. The van der Waals surface area contributed by atoms with Crippen molar-refractivity contribution in [2.24, 2.45) is 5.73 Å². The standard InChI is InChI=1S/C9H14N4O/c1-7-3-2-4-8(13-7)11-5-6-12-9(10)14/h2-4H,5-6H2,1H3,(H,11,13)(H3,10,12,14). The highest BCUT2D eigenvalue weighted by atomic mass is 16.2. The fourth-order valence-electron chi connectivity index (χ4n) is 1.02. The van der Waals surface area contributed by atoms with Crippen LogP contribution in [0.5, 0.6) is 0 Å². The monoisotopic (exact) mass is 194 g/mol. The number of aromatic nitrogens is 1. The molecule has 1 rings (SSSR count). The van der Waals surface area contributed by atoms with Crippen molar-refractivity contribution in [3.63, 3.8) is 0 Å². The second kappa shape index (κ2) is 5.06. The number of nitrogens with zero attached hydrogens (tertiary/aromatic N) is 1. The number of amides is 2. The van der Waals surface area contributed by atoms with Gasteiger partial charge in [0.1, 0.15) is 5.82 Å². The molecule has 0 radical (unpaired) electrons. The molecule has 0 aromatic carbocycles. The molecular formula is C9H14N4O. The fourth-order valence-corrected chi connectivity index (χ4v) is 1.02. The van der Waals surface area contributed by atoms with Crippen molar-refractivity contribution >= 4 is 11.8 Å². The third kappa shape index (κ3) is 3.75. The summed E-state index contributed by atoms with van der Waals surface area (Å²) in [5.41, 5.74) is 5.86. The zero-order valence-corrected chi connectivity index (χ0v) is 8.08. The largest absolute Gasteiger partial charge is 0.368 e. The van der Waals surface area contributed by atoms with E-state index in [1.54, 1.807) is 0 Å². The van der Waals surface area contributed by atoms with E-state index in [4.69, 9.17) is 5.73 Å². The Morgan fingerprint density at radius 3 is 2.93 bits per heavy atom. The Morgan fingerprint density at radius 1 is 1.50 bits per heavy atom. The molecule has 5 nitrogen and oxygen atoms in total. The zero-order chi connectivity index (χ0) is 10.4. The molecule has 0 bridgehead atoms. The first-order chi connectivity index (χ1) is 6.68. The highest BCUT2D eigenvalue weighted by Gasteiger charge is 1.93. The summed E-state index contributed by atoms with van der Waals surface area (Å²) >= 11 is 0. The van der Waals surface area contributed by atoms with E-state index in [1.165, 1.54) is 0 Å². The van der Waals surface area contributed by atoms with Gasteiger partial charge in [0, 0.05) is 18.8 Å². The molecular weight excluding hydrogens is 180 g/mol. The summed E-state index contributed by atoms with van der Waals surface area (Å²) in [6, 6.07) is 5.21. The average Bonchev–Trinajstić information content (AvgIpc) is 2.12. The first kappa shape index (κ1) is 10.3. The molecule has 0 saturated heterocycles. The fraction of sp³-hybridized carbons (Fsp3) is 0.333. The van der Waals surface area contributed by atoms with Gasteiger partial charge < -0.3 is 16.4 Å². The Bertz CT molecular complexity index is 313. The van der Waals surface area contributed by atoms with E-state index < -0.39 is 6.03 Å². The highest BCUT2D eigenvalue weighted by Crippen LogP contribution is 2.02. The van der Waals surface area contributed by atoms with Crippen molar-refractivity contribution in [2.75, 3.05) is 18.4 Å². The molecule has 0 saturated carbocycles. The predicted molar refractivity (Wildman–Crippen MR) is 55.0 cm³/mol. The van der Waals surface area contributed by atoms with Gasteiger partial charge in [-0.2, -0.15) is 0 Å². The Morgan fingerprint density at radius 2 is 2.29 bits per heavy atom. The number of anilines is 1. The number of primary amides is 1. The van der Waals surface area contributed by atoms with Crippen molar-refractivity contribution < 1.29 is 4.79 Å². The Hall–Kier alpha value is -1.78. The number of hydrogen-bond acceptors (Lipinski definition) is 3. The lowest BCUT2D eigenvalue weighted by molar-refractivity contribution is 0.249. The van der Waals surface area contributed by atoms with Crippen molar-refractivity contribution in [1.29, 1.82) is 0 Å². The summed E-state index contributed by atoms with van der Waals surface area (Å²) in [6.45, 7) is 3.02. The van der Waals surface area contributed by atoms with Crippen LogP contribution in [0.25, 0.3) is 0 Å². The van der Waals surface area contributed by atoms with Gasteiger partial charge in [-0.15, -0.1) is 0 Å². The number of pyridine rings is 1. The van der Waals surface area contributed by atoms with Gasteiger partial charge in [-0.25, -0.2) is 9.78 Å². The van der Waals surface area contributed by atoms with E-state index in [9.17, 15) is 4.79 Å². The SMILES string of the molecule is Cc1cccc(NCCNC(N)=O)n1. The Labute approximate surface area is 82.7 Å². The molecule has 2 amide bonds. The van der Waals surface area contributed by atoms with Crippen LogP contribution in [0.15, 0.2) is 18.2 Å². The van der Waals surface area contributed by atoms with Crippen molar-refractivity contribution in [2.45, 2.75) is 6.92 Å². The molecule has 14 heavy (non-hydrogen) atoms. The zero-order valence-electron chi connectivity index (χ0n) is 8.08. The molecule has 1 heterocycles. The van der Waals surface area contributed by atoms with Gasteiger partial charge in [0.15, 0.2) is 0 Å². The maximum Gasteiger partial charge on any atom is 0.312 e. The molecule has 1 aromatic rings. The summed E-state index contributed by atoms with van der Waals surface area (Å²) in [5.74, 6) is 0.802. The molecule has 0 fully saturated rings. The molecule has 0 aliphatic heterocycles. The predicted octanol–water partition coefficient (Wildman–Crippen LogP) is 0.470. The Kier molecular flexibility index (Phi) is 3.72. The number of rotatable bonds is 4. The number of urea groups is 1. The summed E-state index contributed by atoms with van der Waals surface area (Å²) in [5, 5.41) is 5.54. The van der Waals surface area contributed by atoms with Crippen LogP contribution >= 0.6 is 0 Å². The van der Waals surface area contributed by atoms with Crippen LogP contribution in [0.3, 0.4) is 0 Å². The van der Waals surface area contributed by atoms with Gasteiger partial charge in [0.05, 0.1) is 0 Å². The van der Waals surface area contributed by atoms with Crippen LogP contribution < -0.4 is 16.4 Å². The first-order valence-electron chi connectivity index (χ1n) is 4.39. The second-order valence-corrected chi connectivity index (χ2v) is 2.88. The molecule has 0 atom stereocenters. The molecule has 1 aromatic heterocycles. The first-order valence-corrected chi connectivity index (χ1v) is 4.39. The summed E-state index contributed by atoms with van der Waals surface area (Å²) < 4.78 is 0. The quantitative estimate of drug-likeness (QED) is 0.609. The minimum Gasteiger partial charge on any atom is -0.368 e. The lowest BCUT2D eigenvalue weighted by Gasteiger charge is -2.05. The van der Waals surface area contributed by atoms with Gasteiger partial charge in [-0.05, 0) is 19.1 Å². The minimum absolute atomic E-state index is 0.491. The minimum atomic E-state index is -0.510. The lowest BCUT2D eigenvalue weighted by Crippen LogP contribution is -2.33. The molecule has 0 aliphatic rings. The number of carbonyl (C=O) groups is 1. The average molecular weight is 194 g/mol. The number of hydrogen-bond donors (Lipinski definition) is 3. The molecule has 0 aliphatic carbocycles. The topological polar surface area (TPSA) is 80.0 Å². The van der Waals surface area contributed by atoms with Gasteiger partial charge in [-0.3, -0.25) is 0 Å². The molecule has 4 N–H and O–H groups in total. The van der Waals surface area contributed by atoms with Crippen molar-refractivity contribution in [1.82, 2.24) is 10.3 Å². The van der Waals surface area contributed by atoms with E-state index >= 15 is 0 Å². The van der Waals surface area contributed by atoms with Crippen molar-refractivity contribution in [3.8, 4) is 0 Å². The third-order valence-corrected chi connectivity index (χ3v) is 1.62. The molecule has 5 heteroatoms. The van der Waals surface area contributed by atoms with Gasteiger partial charge >= 0.3 is 6.03 Å². The van der Waals surface area contributed by atoms with Crippen LogP contribution in [0, 0.1) is 6.92 Å². The van der Waals surface area contributed by atoms with Crippen LogP contribution in [-0.4, -0.2) is 24.1 Å². The van der Waals surface area contributed by atoms with E-state index in [2.05, 4.69) is 15.6 Å². The number of carbonyl (C=O) groups excluding carboxylic acids is 1. The Balaban J connectivity index is 2.28. The summed E-state index contributed by atoms with van der Waals surface area (Å²) in [7, 11) is 0. The van der Waals surface area contributed by atoms with E-state index in [0.29, 0.717) is 13.1 Å². The van der Waals surface area contributed by atoms with Gasteiger partial charge in [-0.1, -0.05) is 6.07 Å². The smallest absolute Gasteiger partial charge is 0.312 e. The van der Waals surface area contributed by atoms with Crippen LogP contribution in [0.1, 0.15) is 5.69 Å². The molecule has 76 valence electrons. The van der Waals surface area contributed by atoms with Crippen LogP contribution in [-0.2, 0) is 0 Å². The van der Waals surface area contributed by atoms with Gasteiger partial charge in [0.2, 0.25) is 0 Å². The van der Waals surface area contributed by atoms with Crippen LogP contribution in [0.4, 0.5) is 10.6 Å². The van der Waals surface area contributed by atoms with Crippen LogP contribution in [0.2, 0.25) is 0 Å². The van der Waals surface area contributed by atoms with E-state index in [0.717, 1.165) is 11.5 Å². The highest BCUT2D eigenvalue weighted by molar-refractivity contribution is 5.71. The number of nitrogens with two attached hydrogens (primary N) is 1. The molecule has 0 unspecified atom stereocenters. The maximum absolute atomic E-state index is 10.3. The normalized spacial score (nSPS) is 9.50. The second-order valence-electron chi connectivity index (χ2n) is 2.88. The lowest BCUT2D eigenvalue weighted by atomic mass is 10.4. The third-order valence-electron chi connectivity index (χ3n) is 1.62. The summed E-state index contributed by atoms with van der Waals surface area (Å²) in [4.78, 5) is 14.6. The number of aryl methyl sites for hydroxylation is 1. The maximum atomic E-state index is 10.3. The van der Waals surface area contributed by atoms with Gasteiger partial charge in [0.25, 0.3) is 0 Å². The number of nitrogens with one attached hydrogen (secondary N) is 2. The summed E-state index contributed by atoms with van der Waals surface area (Å²) in [6.07, 6.45) is 0.